The molecule has 2 amide bonds. The third kappa shape index (κ3) is 5.48. The molecule has 2 aromatic carbocycles. The van der Waals surface area contributed by atoms with Gasteiger partial charge in [0.15, 0.2) is 11.6 Å². The molecule has 7 nitrogen and oxygen atoms in total. The largest absolute Gasteiger partial charge is 0.383 e. The molecule has 0 aliphatic carbocycles. The second-order valence-electron chi connectivity index (χ2n) is 6.58. The summed E-state index contributed by atoms with van der Waals surface area (Å²) < 4.78 is 46.1. The molecule has 0 saturated carbocycles. The second-order valence-corrected chi connectivity index (χ2v) is 6.58. The fraction of sp³-hybridized carbons (Fsp3) is 0.190. The van der Waals surface area contributed by atoms with Crippen LogP contribution in [-0.2, 0) is 4.74 Å². The van der Waals surface area contributed by atoms with Gasteiger partial charge in [-0.05, 0) is 43.3 Å². The molecule has 0 bridgehead atoms. The van der Waals surface area contributed by atoms with Gasteiger partial charge in [0.2, 0.25) is 5.95 Å². The highest BCUT2D eigenvalue weighted by Crippen LogP contribution is 2.27. The van der Waals surface area contributed by atoms with Gasteiger partial charge in [-0.15, -0.1) is 0 Å². The Morgan fingerprint density at radius 2 is 1.87 bits per heavy atom. The molecule has 1 aromatic heterocycles. The highest BCUT2D eigenvalue weighted by Gasteiger charge is 2.22. The van der Waals surface area contributed by atoms with Gasteiger partial charge >= 0.3 is 6.03 Å². The van der Waals surface area contributed by atoms with Crippen molar-refractivity contribution in [3.63, 3.8) is 0 Å². The number of amides is 2. The average molecular weight is 431 g/mol. The van der Waals surface area contributed by atoms with Crippen LogP contribution in [0.1, 0.15) is 6.92 Å². The summed E-state index contributed by atoms with van der Waals surface area (Å²) in [6, 6.07) is 8.99. The summed E-state index contributed by atoms with van der Waals surface area (Å²) in [5.41, 5.74) is -0.0939. The number of hydrogen-bond donors (Lipinski definition) is 2. The van der Waals surface area contributed by atoms with Crippen LogP contribution in [0.3, 0.4) is 0 Å². The standard InChI is InChI=1S/C21H20F3N5O2/c1-13(12-31-2)26-20-25-11-10-18(28-20)29(15-8-6-14(22)7-9-15)21(30)27-17-5-3-4-16(23)19(17)24/h3-11,13H,12H2,1-2H3,(H,27,30)(H,25,26,28)/t13-/m0/s1. The van der Waals surface area contributed by atoms with E-state index in [2.05, 4.69) is 20.6 Å². The van der Waals surface area contributed by atoms with E-state index in [0.29, 0.717) is 6.61 Å². The van der Waals surface area contributed by atoms with E-state index in [1.54, 1.807) is 7.11 Å². The molecule has 1 atom stereocenters. The van der Waals surface area contributed by atoms with Gasteiger partial charge in [0.25, 0.3) is 0 Å². The lowest BCUT2D eigenvalue weighted by Gasteiger charge is -2.23. The van der Waals surface area contributed by atoms with Crippen LogP contribution < -0.4 is 15.5 Å². The normalized spacial score (nSPS) is 11.6. The topological polar surface area (TPSA) is 79.4 Å². The monoisotopic (exact) mass is 431 g/mol. The maximum absolute atomic E-state index is 14.1. The first-order valence-electron chi connectivity index (χ1n) is 9.28. The minimum atomic E-state index is -1.20. The van der Waals surface area contributed by atoms with Crippen molar-refractivity contribution in [3.8, 4) is 0 Å². The summed E-state index contributed by atoms with van der Waals surface area (Å²) in [4.78, 5) is 22.6. The number of halogens is 3. The summed E-state index contributed by atoms with van der Waals surface area (Å²) >= 11 is 0. The maximum atomic E-state index is 14.1. The van der Waals surface area contributed by atoms with Gasteiger partial charge in [-0.1, -0.05) is 6.07 Å². The molecule has 0 unspecified atom stereocenters. The number of carbonyl (C=O) groups is 1. The fourth-order valence-corrected chi connectivity index (χ4v) is 2.77. The summed E-state index contributed by atoms with van der Waals surface area (Å²) in [6.07, 6.45) is 1.43. The van der Waals surface area contributed by atoms with E-state index in [9.17, 15) is 18.0 Å². The highest BCUT2D eigenvalue weighted by atomic mass is 19.2. The van der Waals surface area contributed by atoms with Gasteiger partial charge in [-0.3, -0.25) is 0 Å². The first-order chi connectivity index (χ1) is 14.9. The molecule has 3 aromatic rings. The summed E-state index contributed by atoms with van der Waals surface area (Å²) in [5.74, 6) is -2.46. The number of nitrogens with zero attached hydrogens (tertiary/aromatic N) is 3. The number of aromatic nitrogens is 2. The Hall–Kier alpha value is -3.66. The molecule has 31 heavy (non-hydrogen) atoms. The summed E-state index contributed by atoms with van der Waals surface area (Å²) in [5, 5.41) is 5.35. The van der Waals surface area contributed by atoms with E-state index in [1.807, 2.05) is 6.92 Å². The van der Waals surface area contributed by atoms with Crippen molar-refractivity contribution in [3.05, 3.63) is 72.2 Å². The third-order valence-corrected chi connectivity index (χ3v) is 4.14. The lowest BCUT2D eigenvalue weighted by molar-refractivity contribution is 0.190. The van der Waals surface area contributed by atoms with Crippen molar-refractivity contribution in [1.29, 1.82) is 0 Å². The Balaban J connectivity index is 1.96. The van der Waals surface area contributed by atoms with Crippen LogP contribution in [0.4, 0.5) is 41.1 Å². The molecule has 10 heteroatoms. The molecule has 1 heterocycles. The predicted octanol–water partition coefficient (Wildman–Crippen LogP) is 4.71. The minimum Gasteiger partial charge on any atom is -0.383 e. The smallest absolute Gasteiger partial charge is 0.332 e. The molecule has 162 valence electrons. The van der Waals surface area contributed by atoms with Gasteiger partial charge in [-0.25, -0.2) is 27.8 Å². The number of urea groups is 1. The van der Waals surface area contributed by atoms with E-state index in [-0.39, 0.29) is 29.2 Å². The van der Waals surface area contributed by atoms with Crippen LogP contribution >= 0.6 is 0 Å². The summed E-state index contributed by atoms with van der Waals surface area (Å²) in [6.45, 7) is 2.26. The van der Waals surface area contributed by atoms with E-state index in [4.69, 9.17) is 4.74 Å². The Labute approximate surface area is 176 Å². The van der Waals surface area contributed by atoms with Gasteiger partial charge in [0, 0.05) is 25.4 Å². The number of anilines is 4. The predicted molar refractivity (Wildman–Crippen MR) is 111 cm³/mol. The van der Waals surface area contributed by atoms with E-state index >= 15 is 0 Å². The zero-order valence-corrected chi connectivity index (χ0v) is 16.8. The number of hydrogen-bond acceptors (Lipinski definition) is 5. The van der Waals surface area contributed by atoms with Crippen molar-refractivity contribution < 1.29 is 22.7 Å². The van der Waals surface area contributed by atoms with Crippen molar-refractivity contribution >= 4 is 29.2 Å². The van der Waals surface area contributed by atoms with Crippen molar-refractivity contribution in [2.24, 2.45) is 0 Å². The van der Waals surface area contributed by atoms with Crippen LogP contribution in [-0.4, -0.2) is 35.8 Å². The van der Waals surface area contributed by atoms with Gasteiger partial charge in [0.1, 0.15) is 11.6 Å². The molecular weight excluding hydrogens is 411 g/mol. The number of carbonyl (C=O) groups excluding carboxylic acids is 1. The first kappa shape index (κ1) is 22.0. The van der Waals surface area contributed by atoms with Crippen LogP contribution in [0.25, 0.3) is 0 Å². The van der Waals surface area contributed by atoms with Crippen molar-refractivity contribution in [2.45, 2.75) is 13.0 Å². The number of ether oxygens (including phenoxy) is 1. The van der Waals surface area contributed by atoms with Crippen LogP contribution in [0.15, 0.2) is 54.7 Å². The summed E-state index contributed by atoms with van der Waals surface area (Å²) in [7, 11) is 1.56. The maximum Gasteiger partial charge on any atom is 0.332 e. The second kappa shape index (κ2) is 9.90. The Morgan fingerprint density at radius 3 is 2.58 bits per heavy atom. The van der Waals surface area contributed by atoms with E-state index in [1.165, 1.54) is 48.7 Å². The molecular formula is C21H20F3N5O2. The lowest BCUT2D eigenvalue weighted by Crippen LogP contribution is -2.32. The number of nitrogens with one attached hydrogen (secondary N) is 2. The Kier molecular flexibility index (Phi) is 7.03. The zero-order chi connectivity index (χ0) is 22.4. The van der Waals surface area contributed by atoms with Gasteiger partial charge in [-0.2, -0.15) is 4.98 Å². The highest BCUT2D eigenvalue weighted by molar-refractivity contribution is 6.06. The number of rotatable bonds is 7. The van der Waals surface area contributed by atoms with Gasteiger partial charge < -0.3 is 15.4 Å². The number of benzene rings is 2. The molecule has 0 spiro atoms. The first-order valence-corrected chi connectivity index (χ1v) is 9.28. The fourth-order valence-electron chi connectivity index (χ4n) is 2.77. The minimum absolute atomic E-state index is 0.116. The molecule has 2 N–H and O–H groups in total. The van der Waals surface area contributed by atoms with Crippen LogP contribution in [0.2, 0.25) is 0 Å². The number of methoxy groups -OCH3 is 1. The lowest BCUT2D eigenvalue weighted by atomic mass is 10.2. The quantitative estimate of drug-likeness (QED) is 0.566. The molecule has 0 radical (unpaired) electrons. The molecule has 0 aliphatic heterocycles. The van der Waals surface area contributed by atoms with E-state index in [0.717, 1.165) is 11.0 Å². The SMILES string of the molecule is COC[C@H](C)Nc1nccc(N(C(=O)Nc2cccc(F)c2F)c2ccc(F)cc2)n1. The van der Waals surface area contributed by atoms with Crippen molar-refractivity contribution in [1.82, 2.24) is 9.97 Å². The zero-order valence-electron chi connectivity index (χ0n) is 16.8. The molecule has 0 fully saturated rings. The van der Waals surface area contributed by atoms with Crippen LogP contribution in [0, 0.1) is 17.5 Å². The molecule has 0 aliphatic rings. The van der Waals surface area contributed by atoms with Crippen molar-refractivity contribution in [2.75, 3.05) is 29.3 Å². The van der Waals surface area contributed by atoms with E-state index < -0.39 is 23.5 Å². The average Bonchev–Trinajstić information content (AvgIpc) is 2.73. The van der Waals surface area contributed by atoms with Crippen LogP contribution in [0.5, 0.6) is 0 Å². The Bertz CT molecular complexity index is 1050. The Morgan fingerprint density at radius 1 is 1.13 bits per heavy atom. The molecule has 0 saturated heterocycles. The van der Waals surface area contributed by atoms with Gasteiger partial charge in [0.05, 0.1) is 18.0 Å². The third-order valence-electron chi connectivity index (χ3n) is 4.14. The molecule has 3 rings (SSSR count).